The summed E-state index contributed by atoms with van der Waals surface area (Å²) in [6.07, 6.45) is 3.64. The molecule has 6 heteroatoms. The fraction of sp³-hybridized carbons (Fsp3) is 0.143. The van der Waals surface area contributed by atoms with Gasteiger partial charge < -0.3 is 5.11 Å². The average molecular weight is 270 g/mol. The first-order chi connectivity index (χ1) is 9.69. The first-order valence-electron chi connectivity index (χ1n) is 6.03. The predicted molar refractivity (Wildman–Crippen MR) is 77.6 cm³/mol. The van der Waals surface area contributed by atoms with Gasteiger partial charge in [0, 0.05) is 0 Å². The highest BCUT2D eigenvalue weighted by atomic mass is 16.3. The second kappa shape index (κ2) is 5.92. The summed E-state index contributed by atoms with van der Waals surface area (Å²) in [6.45, 7) is 7.49. The summed E-state index contributed by atoms with van der Waals surface area (Å²) in [5, 5.41) is 21.2. The van der Waals surface area contributed by atoms with E-state index in [0.29, 0.717) is 23.5 Å². The van der Waals surface area contributed by atoms with Gasteiger partial charge in [-0.05, 0) is 36.3 Å². The predicted octanol–water partition coefficient (Wildman–Crippen LogP) is 2.57. The Hall–Kier alpha value is -2.76. The van der Waals surface area contributed by atoms with E-state index in [1.165, 1.54) is 4.80 Å². The molecule has 2 rings (SSSR count). The molecule has 1 N–H and O–H groups in total. The summed E-state index contributed by atoms with van der Waals surface area (Å²) in [5.74, 6) is 0.0500. The van der Waals surface area contributed by atoms with Crippen molar-refractivity contribution in [2.45, 2.75) is 6.42 Å². The standard InChI is InChI=1S/C14H14N4O2/c1-3-11-12(4-2)17-18(16-11)13-9-10(7-8-15-20)5-6-14(13)19/h3-6,9,19H,1-2,7-8H2. The van der Waals surface area contributed by atoms with Crippen molar-refractivity contribution < 1.29 is 5.11 Å². The van der Waals surface area contributed by atoms with Crippen LogP contribution >= 0.6 is 0 Å². The minimum atomic E-state index is 0.0500. The van der Waals surface area contributed by atoms with Crippen molar-refractivity contribution in [2.75, 3.05) is 6.54 Å². The number of hydrogen-bond acceptors (Lipinski definition) is 5. The van der Waals surface area contributed by atoms with Crippen LogP contribution in [0.15, 0.2) is 36.5 Å². The first kappa shape index (κ1) is 13.7. The van der Waals surface area contributed by atoms with E-state index in [0.717, 1.165) is 5.56 Å². The molecule has 0 radical (unpaired) electrons. The third kappa shape index (κ3) is 2.64. The molecule has 0 saturated heterocycles. The lowest BCUT2D eigenvalue weighted by atomic mass is 10.1. The molecule has 0 aliphatic carbocycles. The van der Waals surface area contributed by atoms with Gasteiger partial charge in [-0.25, -0.2) is 0 Å². The topological polar surface area (TPSA) is 80.4 Å². The summed E-state index contributed by atoms with van der Waals surface area (Å²) >= 11 is 0. The van der Waals surface area contributed by atoms with E-state index in [4.69, 9.17) is 0 Å². The van der Waals surface area contributed by atoms with E-state index >= 15 is 0 Å². The van der Waals surface area contributed by atoms with Gasteiger partial charge >= 0.3 is 0 Å². The lowest BCUT2D eigenvalue weighted by Crippen LogP contribution is -2.01. The normalized spacial score (nSPS) is 10.2. The molecule has 0 spiro atoms. The summed E-state index contributed by atoms with van der Waals surface area (Å²) in [7, 11) is 0. The zero-order valence-corrected chi connectivity index (χ0v) is 10.9. The molecule has 0 bridgehead atoms. The van der Waals surface area contributed by atoms with Gasteiger partial charge in [-0.15, -0.1) is 15.0 Å². The first-order valence-corrected chi connectivity index (χ1v) is 6.03. The number of phenols is 1. The molecule has 0 saturated carbocycles. The molecule has 0 atom stereocenters. The van der Waals surface area contributed by atoms with Crippen molar-refractivity contribution in [1.29, 1.82) is 0 Å². The van der Waals surface area contributed by atoms with Crippen LogP contribution in [0.3, 0.4) is 0 Å². The highest BCUT2D eigenvalue weighted by molar-refractivity contribution is 5.57. The van der Waals surface area contributed by atoms with Gasteiger partial charge in [0.2, 0.25) is 0 Å². The van der Waals surface area contributed by atoms with Gasteiger partial charge in [-0.2, -0.15) is 4.91 Å². The maximum Gasteiger partial charge on any atom is 0.143 e. The number of benzene rings is 1. The van der Waals surface area contributed by atoms with Crippen molar-refractivity contribution >= 4 is 12.2 Å². The molecule has 2 aromatic rings. The fourth-order valence-electron chi connectivity index (χ4n) is 1.79. The maximum absolute atomic E-state index is 10.2. The van der Waals surface area contributed by atoms with Crippen LogP contribution in [0.1, 0.15) is 17.0 Å². The number of hydrogen-bond donors (Lipinski definition) is 1. The molecule has 0 unspecified atom stereocenters. The van der Waals surface area contributed by atoms with Gasteiger partial charge in [-0.3, -0.25) is 0 Å². The average Bonchev–Trinajstić information content (AvgIpc) is 2.89. The molecular weight excluding hydrogens is 256 g/mol. The highest BCUT2D eigenvalue weighted by Gasteiger charge is 2.11. The second-order valence-corrected chi connectivity index (χ2v) is 4.09. The molecule has 0 aliphatic rings. The van der Waals surface area contributed by atoms with Crippen molar-refractivity contribution in [2.24, 2.45) is 5.18 Å². The third-order valence-electron chi connectivity index (χ3n) is 2.80. The lowest BCUT2D eigenvalue weighted by molar-refractivity contribution is 0.467. The zero-order valence-electron chi connectivity index (χ0n) is 10.9. The van der Waals surface area contributed by atoms with Crippen molar-refractivity contribution in [3.8, 4) is 11.4 Å². The second-order valence-electron chi connectivity index (χ2n) is 4.09. The Kier molecular flexibility index (Phi) is 4.05. The monoisotopic (exact) mass is 270 g/mol. The number of phenolic OH excluding ortho intramolecular Hbond substituents is 1. The van der Waals surface area contributed by atoms with E-state index in [-0.39, 0.29) is 12.3 Å². The van der Waals surface area contributed by atoms with Crippen LogP contribution in [0.4, 0.5) is 0 Å². The van der Waals surface area contributed by atoms with E-state index in [2.05, 4.69) is 28.5 Å². The van der Waals surface area contributed by atoms with Gasteiger partial charge in [0.1, 0.15) is 22.8 Å². The number of nitrogens with zero attached hydrogens (tertiary/aromatic N) is 4. The van der Waals surface area contributed by atoms with Crippen LogP contribution in [-0.2, 0) is 6.42 Å². The number of aromatic hydroxyl groups is 1. The van der Waals surface area contributed by atoms with Crippen LogP contribution in [0, 0.1) is 4.91 Å². The molecule has 1 aromatic heterocycles. The fourth-order valence-corrected chi connectivity index (χ4v) is 1.79. The molecule has 0 fully saturated rings. The van der Waals surface area contributed by atoms with Crippen LogP contribution in [-0.4, -0.2) is 26.6 Å². The molecule has 20 heavy (non-hydrogen) atoms. The smallest absolute Gasteiger partial charge is 0.143 e. The van der Waals surface area contributed by atoms with E-state index in [1.807, 2.05) is 0 Å². The van der Waals surface area contributed by atoms with Gasteiger partial charge in [0.15, 0.2) is 0 Å². The van der Waals surface area contributed by atoms with Gasteiger partial charge in [0.05, 0.1) is 6.54 Å². The largest absolute Gasteiger partial charge is 0.506 e. The molecule has 0 aliphatic heterocycles. The summed E-state index contributed by atoms with van der Waals surface area (Å²) in [5.41, 5.74) is 2.47. The Balaban J connectivity index is 2.45. The quantitative estimate of drug-likeness (QED) is 0.818. The summed E-state index contributed by atoms with van der Waals surface area (Å²) in [6, 6.07) is 5.00. The van der Waals surface area contributed by atoms with Crippen LogP contribution in [0.25, 0.3) is 17.8 Å². The van der Waals surface area contributed by atoms with Crippen molar-refractivity contribution in [1.82, 2.24) is 15.0 Å². The van der Waals surface area contributed by atoms with Crippen molar-refractivity contribution in [3.63, 3.8) is 0 Å². The Bertz CT molecular complexity index is 636. The Morgan fingerprint density at radius 1 is 1.25 bits per heavy atom. The van der Waals surface area contributed by atoms with Crippen molar-refractivity contribution in [3.05, 3.63) is 53.2 Å². The summed E-state index contributed by atoms with van der Waals surface area (Å²) < 4.78 is 0. The maximum atomic E-state index is 10.2. The molecular formula is C14H14N4O2. The van der Waals surface area contributed by atoms with E-state index in [9.17, 15) is 10.0 Å². The molecule has 6 nitrogen and oxygen atoms in total. The number of nitroso groups, excluding NO2 is 1. The Morgan fingerprint density at radius 2 is 1.90 bits per heavy atom. The third-order valence-corrected chi connectivity index (χ3v) is 2.80. The van der Waals surface area contributed by atoms with E-state index < -0.39 is 0 Å². The molecule has 1 aromatic carbocycles. The minimum absolute atomic E-state index is 0.0500. The van der Waals surface area contributed by atoms with Gasteiger partial charge in [0.25, 0.3) is 0 Å². The molecule has 1 heterocycles. The minimum Gasteiger partial charge on any atom is -0.506 e. The molecule has 102 valence electrons. The highest BCUT2D eigenvalue weighted by Crippen LogP contribution is 2.23. The lowest BCUT2D eigenvalue weighted by Gasteiger charge is -2.05. The Labute approximate surface area is 116 Å². The zero-order chi connectivity index (χ0) is 14.5. The van der Waals surface area contributed by atoms with Gasteiger partial charge in [-0.1, -0.05) is 24.4 Å². The van der Waals surface area contributed by atoms with Crippen LogP contribution < -0.4 is 0 Å². The molecule has 0 amide bonds. The number of aromatic nitrogens is 3. The Morgan fingerprint density at radius 3 is 2.45 bits per heavy atom. The van der Waals surface area contributed by atoms with Crippen LogP contribution in [0.2, 0.25) is 0 Å². The van der Waals surface area contributed by atoms with E-state index in [1.54, 1.807) is 30.4 Å². The number of rotatable bonds is 6. The summed E-state index contributed by atoms with van der Waals surface area (Å²) in [4.78, 5) is 11.5. The SMILES string of the molecule is C=Cc1nn(-c2cc(CCN=O)ccc2O)nc1C=C. The van der Waals surface area contributed by atoms with Crippen LogP contribution in [0.5, 0.6) is 5.75 Å².